The van der Waals surface area contributed by atoms with Crippen LogP contribution in [-0.4, -0.2) is 12.5 Å². The highest BCUT2D eigenvalue weighted by Crippen LogP contribution is 2.32. The number of carbonyl (C=O) groups is 1. The molecule has 0 bridgehead atoms. The molecule has 0 aliphatic carbocycles. The van der Waals surface area contributed by atoms with Gasteiger partial charge in [0.05, 0.1) is 0 Å². The molecular weight excluding hydrogens is 337 g/mol. The van der Waals surface area contributed by atoms with E-state index in [-0.39, 0.29) is 13.3 Å². The maximum atomic E-state index is 12.1. The second-order valence-corrected chi connectivity index (χ2v) is 8.03. The molecule has 0 radical (unpaired) electrons. The molecule has 0 atom stereocenters. The molecule has 0 heterocycles. The van der Waals surface area contributed by atoms with E-state index in [0.717, 1.165) is 6.42 Å². The molecule has 2 nitrogen and oxygen atoms in total. The van der Waals surface area contributed by atoms with Crippen LogP contribution in [-0.2, 0) is 0 Å². The smallest absolute Gasteiger partial charge is 0.251 e. The molecule has 0 saturated heterocycles. The van der Waals surface area contributed by atoms with Crippen LogP contribution in [0.5, 0.6) is 0 Å². The summed E-state index contributed by atoms with van der Waals surface area (Å²) in [7, 11) is -0.620. The van der Waals surface area contributed by atoms with E-state index < -0.39 is 7.92 Å². The minimum absolute atomic E-state index is 0. The quantitative estimate of drug-likeness (QED) is 0.653. The number of amides is 1. The molecule has 1 amide bonds. The Morgan fingerprint density at radius 3 is 1.69 bits per heavy atom. The average Bonchev–Trinajstić information content (AvgIpc) is 2.68. The van der Waals surface area contributed by atoms with Gasteiger partial charge < -0.3 is 5.32 Å². The normalized spacial score (nSPS) is 10.2. The zero-order valence-corrected chi connectivity index (χ0v) is 15.2. The Kier molecular flexibility index (Phi) is 7.56. The van der Waals surface area contributed by atoms with E-state index in [1.54, 1.807) is 0 Å². The van der Waals surface area contributed by atoms with Gasteiger partial charge in [-0.05, 0) is 42.4 Å². The molecule has 0 unspecified atom stereocenters. The van der Waals surface area contributed by atoms with Crippen molar-refractivity contribution in [2.45, 2.75) is 20.8 Å². The van der Waals surface area contributed by atoms with Crippen LogP contribution in [0.15, 0.2) is 84.9 Å². The lowest BCUT2D eigenvalue weighted by atomic mass is 10.2. The van der Waals surface area contributed by atoms with Crippen molar-refractivity contribution in [3.63, 3.8) is 0 Å². The van der Waals surface area contributed by atoms with Gasteiger partial charge in [0, 0.05) is 12.1 Å². The van der Waals surface area contributed by atoms with Gasteiger partial charge in [-0.25, -0.2) is 0 Å². The van der Waals surface area contributed by atoms with Gasteiger partial charge in [-0.1, -0.05) is 87.1 Å². The highest BCUT2D eigenvalue weighted by molar-refractivity contribution is 7.79. The zero-order chi connectivity index (χ0) is 17.5. The highest BCUT2D eigenvalue weighted by Gasteiger charge is 2.16. The van der Waals surface area contributed by atoms with E-state index >= 15 is 0 Å². The van der Waals surface area contributed by atoms with Crippen molar-refractivity contribution >= 4 is 29.7 Å². The fourth-order valence-electron chi connectivity index (χ4n) is 2.70. The van der Waals surface area contributed by atoms with Crippen molar-refractivity contribution in [3.05, 3.63) is 90.5 Å². The topological polar surface area (TPSA) is 29.1 Å². The Hall–Kier alpha value is -2.44. The molecule has 0 aliphatic rings. The predicted molar refractivity (Wildman–Crippen MR) is 115 cm³/mol. The summed E-state index contributed by atoms with van der Waals surface area (Å²) in [6, 6.07) is 29.2. The third kappa shape index (κ3) is 4.80. The third-order valence-electron chi connectivity index (χ3n) is 3.95. The van der Waals surface area contributed by atoms with E-state index in [1.165, 1.54) is 15.9 Å². The van der Waals surface area contributed by atoms with E-state index in [0.29, 0.717) is 12.1 Å². The van der Waals surface area contributed by atoms with E-state index in [4.69, 9.17) is 0 Å². The van der Waals surface area contributed by atoms with Crippen molar-refractivity contribution in [3.8, 4) is 0 Å². The fourth-order valence-corrected chi connectivity index (χ4v) is 4.99. The Morgan fingerprint density at radius 2 is 1.23 bits per heavy atom. The van der Waals surface area contributed by atoms with Gasteiger partial charge in [0.15, 0.2) is 0 Å². The molecular formula is C23H26NOP. The summed E-state index contributed by atoms with van der Waals surface area (Å²) in [5, 5.41) is 6.80. The largest absolute Gasteiger partial charge is 0.352 e. The molecule has 3 heteroatoms. The minimum Gasteiger partial charge on any atom is -0.352 e. The van der Waals surface area contributed by atoms with Crippen LogP contribution in [0.4, 0.5) is 0 Å². The van der Waals surface area contributed by atoms with Crippen molar-refractivity contribution in [1.82, 2.24) is 5.32 Å². The van der Waals surface area contributed by atoms with Crippen LogP contribution in [0.25, 0.3) is 0 Å². The first-order valence-electron chi connectivity index (χ1n) is 8.58. The molecule has 0 fully saturated rings. The Morgan fingerprint density at radius 1 is 0.769 bits per heavy atom. The second-order valence-electron chi connectivity index (χ2n) is 5.81. The number of nitrogens with one attached hydrogen (secondary N) is 1. The first-order valence-corrected chi connectivity index (χ1v) is 9.92. The maximum Gasteiger partial charge on any atom is 0.251 e. The number of benzene rings is 3. The lowest BCUT2D eigenvalue weighted by Gasteiger charge is -2.19. The number of hydrogen-bond acceptors (Lipinski definition) is 1. The van der Waals surface area contributed by atoms with E-state index in [2.05, 4.69) is 72.9 Å². The Bertz CT molecular complexity index is 761. The Balaban J connectivity index is 0.00000243. The summed E-state index contributed by atoms with van der Waals surface area (Å²) in [5.74, 6) is -0.00264. The summed E-state index contributed by atoms with van der Waals surface area (Å²) in [4.78, 5) is 12.1. The van der Waals surface area contributed by atoms with Gasteiger partial charge in [-0.3, -0.25) is 4.79 Å². The second kappa shape index (κ2) is 9.89. The standard InChI is InChI=1S/C22H22NOP.CH4/c1-2-17-23-22(24)18-13-15-21(16-14-18)25(19-9-5-3-6-10-19)20-11-7-4-8-12-20;/h3-16H,2,17H2,1H3,(H,23,24);1H4. The van der Waals surface area contributed by atoms with Gasteiger partial charge in [0.25, 0.3) is 5.91 Å². The van der Waals surface area contributed by atoms with Crippen LogP contribution in [0.3, 0.4) is 0 Å². The van der Waals surface area contributed by atoms with Crippen LogP contribution in [0.1, 0.15) is 31.1 Å². The molecule has 1 N–H and O–H groups in total. The summed E-state index contributed by atoms with van der Waals surface area (Å²) in [6.45, 7) is 2.76. The SMILES string of the molecule is C.CCCNC(=O)c1ccc(P(c2ccccc2)c2ccccc2)cc1. The predicted octanol–water partition coefficient (Wildman–Crippen LogP) is 4.22. The van der Waals surface area contributed by atoms with Gasteiger partial charge >= 0.3 is 0 Å². The first kappa shape index (κ1) is 19.9. The summed E-state index contributed by atoms with van der Waals surface area (Å²) in [5.41, 5.74) is 0.716. The molecule has 0 saturated carbocycles. The molecule has 0 aliphatic heterocycles. The number of carbonyl (C=O) groups excluding carboxylic acids is 1. The first-order chi connectivity index (χ1) is 12.3. The monoisotopic (exact) mass is 363 g/mol. The maximum absolute atomic E-state index is 12.1. The minimum atomic E-state index is -0.620. The van der Waals surface area contributed by atoms with Gasteiger partial charge in [0.2, 0.25) is 0 Å². The number of rotatable bonds is 6. The molecule has 0 spiro atoms. The van der Waals surface area contributed by atoms with Crippen molar-refractivity contribution in [1.29, 1.82) is 0 Å². The molecule has 0 aromatic heterocycles. The summed E-state index contributed by atoms with van der Waals surface area (Å²) < 4.78 is 0. The van der Waals surface area contributed by atoms with Crippen LogP contribution >= 0.6 is 7.92 Å². The van der Waals surface area contributed by atoms with Crippen molar-refractivity contribution in [2.24, 2.45) is 0 Å². The summed E-state index contributed by atoms with van der Waals surface area (Å²) in [6.07, 6.45) is 0.942. The Labute approximate surface area is 158 Å². The molecule has 3 aromatic rings. The van der Waals surface area contributed by atoms with Crippen molar-refractivity contribution < 1.29 is 4.79 Å². The lowest BCUT2D eigenvalue weighted by Crippen LogP contribution is -2.25. The zero-order valence-electron chi connectivity index (χ0n) is 14.4. The van der Waals surface area contributed by atoms with Gasteiger partial charge in [-0.15, -0.1) is 0 Å². The van der Waals surface area contributed by atoms with E-state index in [9.17, 15) is 4.79 Å². The highest BCUT2D eigenvalue weighted by atomic mass is 31.1. The molecule has 3 rings (SSSR count). The van der Waals surface area contributed by atoms with Crippen LogP contribution < -0.4 is 21.2 Å². The number of hydrogen-bond donors (Lipinski definition) is 1. The average molecular weight is 363 g/mol. The van der Waals surface area contributed by atoms with Crippen LogP contribution in [0.2, 0.25) is 0 Å². The lowest BCUT2D eigenvalue weighted by molar-refractivity contribution is 0.0953. The van der Waals surface area contributed by atoms with Gasteiger partial charge in [-0.2, -0.15) is 0 Å². The molecule has 26 heavy (non-hydrogen) atoms. The van der Waals surface area contributed by atoms with E-state index in [1.807, 2.05) is 24.3 Å². The van der Waals surface area contributed by atoms with Gasteiger partial charge in [0.1, 0.15) is 0 Å². The van der Waals surface area contributed by atoms with Crippen LogP contribution in [0, 0.1) is 0 Å². The van der Waals surface area contributed by atoms with Crippen molar-refractivity contribution in [2.75, 3.05) is 6.54 Å². The third-order valence-corrected chi connectivity index (χ3v) is 6.40. The summed E-state index contributed by atoms with van der Waals surface area (Å²) >= 11 is 0. The molecule has 3 aromatic carbocycles. The molecule has 134 valence electrons. The fraction of sp³-hybridized carbons (Fsp3) is 0.174.